The summed E-state index contributed by atoms with van der Waals surface area (Å²) >= 11 is 0. The van der Waals surface area contributed by atoms with Gasteiger partial charge in [0.1, 0.15) is 11.7 Å². The predicted octanol–water partition coefficient (Wildman–Crippen LogP) is 1.62. The van der Waals surface area contributed by atoms with Crippen LogP contribution in [0.2, 0.25) is 0 Å². The first-order chi connectivity index (χ1) is 13.4. The number of ether oxygens (including phenoxy) is 4. The van der Waals surface area contributed by atoms with E-state index >= 15 is 0 Å². The molecule has 0 bridgehead atoms. The van der Waals surface area contributed by atoms with Crippen molar-refractivity contribution in [1.29, 1.82) is 0 Å². The van der Waals surface area contributed by atoms with Crippen LogP contribution in [0, 0.1) is 5.92 Å². The highest BCUT2D eigenvalue weighted by atomic mass is 16.6. The van der Waals surface area contributed by atoms with Gasteiger partial charge in [-0.3, -0.25) is 4.79 Å². The highest BCUT2D eigenvalue weighted by Crippen LogP contribution is 2.40. The van der Waals surface area contributed by atoms with Crippen LogP contribution < -0.4 is 0 Å². The highest BCUT2D eigenvalue weighted by Gasteiger charge is 2.56. The monoisotopic (exact) mass is 408 g/mol. The molecule has 0 aromatic carbocycles. The summed E-state index contributed by atoms with van der Waals surface area (Å²) in [4.78, 5) is 36.6. The molecule has 8 nitrogen and oxygen atoms in total. The molecule has 0 saturated carbocycles. The topological polar surface area (TPSA) is 108 Å². The molecule has 0 unspecified atom stereocenters. The average molecular weight is 408 g/mol. The van der Waals surface area contributed by atoms with Gasteiger partial charge in [-0.15, -0.1) is 0 Å². The third kappa shape index (κ3) is 4.59. The first-order valence-corrected chi connectivity index (χ1v) is 9.31. The van der Waals surface area contributed by atoms with Crippen molar-refractivity contribution >= 4 is 17.9 Å². The second-order valence-electron chi connectivity index (χ2n) is 7.76. The van der Waals surface area contributed by atoms with Crippen molar-refractivity contribution in [2.24, 2.45) is 5.92 Å². The summed E-state index contributed by atoms with van der Waals surface area (Å²) < 4.78 is 22.5. The number of hydrogen-bond acceptors (Lipinski definition) is 8. The Kier molecular flexibility index (Phi) is 6.70. The lowest BCUT2D eigenvalue weighted by Gasteiger charge is -2.43. The van der Waals surface area contributed by atoms with Crippen molar-refractivity contribution in [2.75, 3.05) is 6.61 Å². The zero-order valence-corrected chi connectivity index (χ0v) is 17.4. The van der Waals surface area contributed by atoms with E-state index in [0.717, 1.165) is 5.57 Å². The quantitative estimate of drug-likeness (QED) is 0.324. The van der Waals surface area contributed by atoms with Crippen molar-refractivity contribution < 1.29 is 38.4 Å². The number of aliphatic hydroxyl groups excluding tert-OH is 1. The van der Waals surface area contributed by atoms with Gasteiger partial charge in [0, 0.05) is 18.1 Å². The molecule has 1 fully saturated rings. The summed E-state index contributed by atoms with van der Waals surface area (Å²) in [5, 5.41) is 10.5. The molecule has 1 saturated heterocycles. The van der Waals surface area contributed by atoms with Crippen LogP contribution in [0.3, 0.4) is 0 Å². The normalized spacial score (nSPS) is 35.0. The zero-order valence-electron chi connectivity index (χ0n) is 17.4. The van der Waals surface area contributed by atoms with Gasteiger partial charge in [0.15, 0.2) is 12.2 Å². The van der Waals surface area contributed by atoms with Crippen LogP contribution in [-0.4, -0.2) is 59.6 Å². The van der Waals surface area contributed by atoms with E-state index in [0.29, 0.717) is 0 Å². The fraction of sp³-hybridized carbons (Fsp3) is 0.571. The molecule has 2 aliphatic rings. The lowest BCUT2D eigenvalue weighted by atomic mass is 9.80. The van der Waals surface area contributed by atoms with Crippen molar-refractivity contribution in [3.05, 3.63) is 36.0 Å². The minimum absolute atomic E-state index is 0.0746. The highest BCUT2D eigenvalue weighted by molar-refractivity contribution is 5.92. The molecule has 2 aliphatic heterocycles. The van der Waals surface area contributed by atoms with E-state index in [9.17, 15) is 19.5 Å². The van der Waals surface area contributed by atoms with E-state index in [4.69, 9.17) is 18.9 Å². The van der Waals surface area contributed by atoms with Gasteiger partial charge in [0.05, 0.1) is 18.6 Å². The lowest BCUT2D eigenvalue weighted by molar-refractivity contribution is -0.219. The molecule has 6 atom stereocenters. The molecule has 8 heteroatoms. The second kappa shape index (κ2) is 8.51. The molecular formula is C21H28O8. The van der Waals surface area contributed by atoms with Gasteiger partial charge >= 0.3 is 17.9 Å². The van der Waals surface area contributed by atoms with Gasteiger partial charge < -0.3 is 24.1 Å². The summed E-state index contributed by atoms with van der Waals surface area (Å²) in [6.45, 7) is 14.9. The Bertz CT molecular complexity index is 765. The molecule has 0 spiro atoms. The van der Waals surface area contributed by atoms with Gasteiger partial charge in [0.2, 0.25) is 0 Å². The van der Waals surface area contributed by atoms with Gasteiger partial charge in [-0.05, 0) is 39.3 Å². The molecule has 160 valence electrons. The third-order valence-corrected chi connectivity index (χ3v) is 5.25. The van der Waals surface area contributed by atoms with Gasteiger partial charge in [-0.2, -0.15) is 0 Å². The minimum atomic E-state index is -1.46. The van der Waals surface area contributed by atoms with E-state index < -0.39 is 53.8 Å². The standard InChI is InChI=1S/C21H28O8/c1-10(2)19(24)29-17-16-12(4)20(25)28-15(16)8-11(3)9-26-21(7,13(5)22)18(17)27-14(6)23/h8,13,15-18,22H,1,4,9H2,2-3,5-7H3/b11-8-/t13-,15-,16-,17-,18-,21-/m0/s1. The number of hydrogen-bond donors (Lipinski definition) is 1. The summed E-state index contributed by atoms with van der Waals surface area (Å²) in [5.41, 5.74) is -0.541. The summed E-state index contributed by atoms with van der Waals surface area (Å²) in [6, 6.07) is 0. The number of aliphatic hydroxyl groups is 1. The van der Waals surface area contributed by atoms with E-state index in [1.807, 2.05) is 0 Å². The van der Waals surface area contributed by atoms with Gasteiger partial charge in [-0.25, -0.2) is 9.59 Å². The number of fused-ring (bicyclic) bond motifs is 1. The second-order valence-corrected chi connectivity index (χ2v) is 7.76. The van der Waals surface area contributed by atoms with Crippen LogP contribution in [0.15, 0.2) is 36.0 Å². The fourth-order valence-electron chi connectivity index (χ4n) is 3.40. The molecule has 2 heterocycles. The summed E-state index contributed by atoms with van der Waals surface area (Å²) in [5.74, 6) is -2.89. The maximum atomic E-state index is 12.4. The number of rotatable bonds is 4. The molecule has 0 aromatic rings. The number of carbonyl (C=O) groups excluding carboxylic acids is 3. The Morgan fingerprint density at radius 3 is 2.48 bits per heavy atom. The van der Waals surface area contributed by atoms with Crippen molar-refractivity contribution in [3.63, 3.8) is 0 Å². The molecule has 29 heavy (non-hydrogen) atoms. The Hall–Kier alpha value is -2.45. The Labute approximate surface area is 170 Å². The van der Waals surface area contributed by atoms with Crippen LogP contribution in [-0.2, 0) is 33.3 Å². The maximum absolute atomic E-state index is 12.4. The van der Waals surface area contributed by atoms with Crippen LogP contribution in [0.25, 0.3) is 0 Å². The van der Waals surface area contributed by atoms with Crippen LogP contribution in [0.1, 0.15) is 34.6 Å². The predicted molar refractivity (Wildman–Crippen MR) is 103 cm³/mol. The third-order valence-electron chi connectivity index (χ3n) is 5.25. The number of carbonyl (C=O) groups is 3. The minimum Gasteiger partial charge on any atom is -0.455 e. The molecular weight excluding hydrogens is 380 g/mol. The lowest BCUT2D eigenvalue weighted by Crippen LogP contribution is -2.60. The fourth-order valence-corrected chi connectivity index (χ4v) is 3.40. The molecule has 0 amide bonds. The van der Waals surface area contributed by atoms with E-state index in [-0.39, 0.29) is 17.8 Å². The average Bonchev–Trinajstić information content (AvgIpc) is 2.89. The van der Waals surface area contributed by atoms with Gasteiger partial charge in [0.25, 0.3) is 0 Å². The van der Waals surface area contributed by atoms with Gasteiger partial charge in [-0.1, -0.05) is 13.2 Å². The first kappa shape index (κ1) is 22.8. The van der Waals surface area contributed by atoms with Crippen molar-refractivity contribution in [3.8, 4) is 0 Å². The number of esters is 3. The van der Waals surface area contributed by atoms with Crippen LogP contribution in [0.5, 0.6) is 0 Å². The van der Waals surface area contributed by atoms with Crippen molar-refractivity contribution in [2.45, 2.75) is 64.6 Å². The van der Waals surface area contributed by atoms with E-state index in [2.05, 4.69) is 13.2 Å². The molecule has 1 N–H and O–H groups in total. The summed E-state index contributed by atoms with van der Waals surface area (Å²) in [6.07, 6.45) is -2.69. The van der Waals surface area contributed by atoms with Crippen molar-refractivity contribution in [1.82, 2.24) is 0 Å². The molecule has 2 rings (SSSR count). The summed E-state index contributed by atoms with van der Waals surface area (Å²) in [7, 11) is 0. The molecule has 0 aromatic heterocycles. The first-order valence-electron chi connectivity index (χ1n) is 9.31. The Morgan fingerprint density at radius 1 is 1.34 bits per heavy atom. The van der Waals surface area contributed by atoms with Crippen LogP contribution >= 0.6 is 0 Å². The van der Waals surface area contributed by atoms with E-state index in [1.165, 1.54) is 20.8 Å². The Balaban J connectivity index is 2.69. The Morgan fingerprint density at radius 2 is 1.97 bits per heavy atom. The van der Waals surface area contributed by atoms with E-state index in [1.54, 1.807) is 19.9 Å². The zero-order chi connectivity index (χ0) is 22.1. The smallest absolute Gasteiger partial charge is 0.334 e. The molecule has 0 radical (unpaired) electrons. The molecule has 0 aliphatic carbocycles. The largest absolute Gasteiger partial charge is 0.455 e. The SMILES string of the molecule is C=C(C)C(=O)O[C@H]1[C@H]2C(=C)C(=O)O[C@H]2/C=C(/C)CO[C@@](C)([C@H](C)O)[C@H]1OC(C)=O. The van der Waals surface area contributed by atoms with Crippen LogP contribution in [0.4, 0.5) is 0 Å². The maximum Gasteiger partial charge on any atom is 0.334 e.